The van der Waals surface area contributed by atoms with E-state index in [9.17, 15) is 4.79 Å². The van der Waals surface area contributed by atoms with Crippen molar-refractivity contribution >= 4 is 23.2 Å². The molecule has 5 rings (SSSR count). The van der Waals surface area contributed by atoms with Gasteiger partial charge in [-0.3, -0.25) is 4.90 Å². The van der Waals surface area contributed by atoms with Crippen molar-refractivity contribution in [2.75, 3.05) is 27.1 Å². The minimum atomic E-state index is -0.478. The van der Waals surface area contributed by atoms with Crippen molar-refractivity contribution in [3.63, 3.8) is 0 Å². The van der Waals surface area contributed by atoms with Gasteiger partial charge in [0, 0.05) is 36.5 Å². The van der Waals surface area contributed by atoms with Crippen LogP contribution in [-0.2, 0) is 4.74 Å². The molecule has 0 fully saturated rings. The third-order valence-corrected chi connectivity index (χ3v) is 6.07. The average Bonchev–Trinajstić information content (AvgIpc) is 3.50. The van der Waals surface area contributed by atoms with E-state index in [2.05, 4.69) is 15.5 Å². The average molecular weight is 483 g/mol. The number of carbonyl (C=O) groups is 1. The van der Waals surface area contributed by atoms with Gasteiger partial charge in [-0.25, -0.2) is 4.79 Å². The molecule has 3 aromatic rings. The lowest BCUT2D eigenvalue weighted by atomic mass is 9.94. The van der Waals surface area contributed by atoms with Crippen molar-refractivity contribution in [1.82, 2.24) is 20.4 Å². The summed E-state index contributed by atoms with van der Waals surface area (Å²) in [6, 6.07) is 12.1. The van der Waals surface area contributed by atoms with Gasteiger partial charge in [-0.2, -0.15) is 4.98 Å². The van der Waals surface area contributed by atoms with Crippen LogP contribution in [0.3, 0.4) is 0 Å². The standard InChI is InChI=1S/C24H23ClN4O5/c1-14-20(23-27-22(28-34-23)16-6-9-18-19(12-16)33-13-32-18)21(15-4-7-17(25)8-5-15)26-24(30)29(14)10-3-11-31-2/h4-9,12,21H,3,10-11,13H2,1-2H3,(H,26,30). The molecule has 0 saturated heterocycles. The first-order valence-corrected chi connectivity index (χ1v) is 11.2. The summed E-state index contributed by atoms with van der Waals surface area (Å²) in [7, 11) is 1.64. The second-order valence-corrected chi connectivity index (χ2v) is 8.36. The number of urea groups is 1. The van der Waals surface area contributed by atoms with E-state index in [-0.39, 0.29) is 12.8 Å². The summed E-state index contributed by atoms with van der Waals surface area (Å²) >= 11 is 6.09. The highest BCUT2D eigenvalue weighted by Crippen LogP contribution is 2.39. The van der Waals surface area contributed by atoms with E-state index >= 15 is 0 Å². The van der Waals surface area contributed by atoms with Gasteiger partial charge in [-0.15, -0.1) is 0 Å². The first-order valence-electron chi connectivity index (χ1n) is 10.8. The molecule has 3 heterocycles. The predicted molar refractivity (Wildman–Crippen MR) is 124 cm³/mol. The number of benzene rings is 2. The monoisotopic (exact) mass is 482 g/mol. The number of aromatic nitrogens is 2. The zero-order valence-electron chi connectivity index (χ0n) is 18.7. The van der Waals surface area contributed by atoms with E-state index in [1.165, 1.54) is 0 Å². The van der Waals surface area contributed by atoms with Crippen LogP contribution in [0.15, 0.2) is 52.7 Å². The first-order chi connectivity index (χ1) is 16.5. The molecular weight excluding hydrogens is 460 g/mol. The van der Waals surface area contributed by atoms with Gasteiger partial charge < -0.3 is 24.1 Å². The van der Waals surface area contributed by atoms with E-state index < -0.39 is 6.04 Å². The molecule has 2 amide bonds. The maximum absolute atomic E-state index is 13.0. The number of nitrogens with zero attached hydrogens (tertiary/aromatic N) is 3. The first kappa shape index (κ1) is 22.2. The van der Waals surface area contributed by atoms with Crippen molar-refractivity contribution in [3.8, 4) is 22.9 Å². The normalized spacial score (nSPS) is 17.3. The van der Waals surface area contributed by atoms with Gasteiger partial charge in [0.1, 0.15) is 0 Å². The number of methoxy groups -OCH3 is 1. The third-order valence-electron chi connectivity index (χ3n) is 5.82. The van der Waals surface area contributed by atoms with Crippen molar-refractivity contribution in [2.45, 2.75) is 19.4 Å². The molecule has 2 aromatic carbocycles. The largest absolute Gasteiger partial charge is 0.454 e. The van der Waals surface area contributed by atoms with Gasteiger partial charge in [-0.05, 0) is 49.2 Å². The van der Waals surface area contributed by atoms with Gasteiger partial charge in [0.15, 0.2) is 11.5 Å². The van der Waals surface area contributed by atoms with Crippen LogP contribution < -0.4 is 14.8 Å². The fourth-order valence-corrected chi connectivity index (χ4v) is 4.21. The number of ether oxygens (including phenoxy) is 3. The number of allylic oxidation sites excluding steroid dienone is 1. The topological polar surface area (TPSA) is 99.0 Å². The van der Waals surface area contributed by atoms with Crippen LogP contribution in [0.25, 0.3) is 17.0 Å². The number of nitrogens with one attached hydrogen (secondary N) is 1. The minimum absolute atomic E-state index is 0.184. The van der Waals surface area contributed by atoms with Crippen molar-refractivity contribution < 1.29 is 23.5 Å². The van der Waals surface area contributed by atoms with E-state index in [1.807, 2.05) is 37.3 Å². The Morgan fingerprint density at radius 2 is 1.97 bits per heavy atom. The Morgan fingerprint density at radius 1 is 1.18 bits per heavy atom. The maximum atomic E-state index is 13.0. The summed E-state index contributed by atoms with van der Waals surface area (Å²) in [4.78, 5) is 19.3. The number of hydrogen-bond donors (Lipinski definition) is 1. The number of rotatable bonds is 7. The molecule has 0 spiro atoms. The van der Waals surface area contributed by atoms with Gasteiger partial charge in [0.2, 0.25) is 12.6 Å². The molecule has 0 radical (unpaired) electrons. The SMILES string of the molecule is COCCCN1C(=O)NC(c2ccc(Cl)cc2)C(c2nc(-c3ccc4c(c3)OCO4)no2)=C1C. The minimum Gasteiger partial charge on any atom is -0.454 e. The summed E-state index contributed by atoms with van der Waals surface area (Å²) in [5.41, 5.74) is 3.04. The quantitative estimate of drug-likeness (QED) is 0.489. The van der Waals surface area contributed by atoms with Crippen molar-refractivity contribution in [2.24, 2.45) is 0 Å². The van der Waals surface area contributed by atoms with Crippen LogP contribution in [0.2, 0.25) is 5.02 Å². The lowest BCUT2D eigenvalue weighted by Gasteiger charge is -2.35. The highest BCUT2D eigenvalue weighted by molar-refractivity contribution is 6.30. The third kappa shape index (κ3) is 4.20. The molecule has 2 aliphatic heterocycles. The Morgan fingerprint density at radius 3 is 2.76 bits per heavy atom. The second-order valence-electron chi connectivity index (χ2n) is 7.92. The molecular formula is C24H23ClN4O5. The zero-order chi connectivity index (χ0) is 23.7. The number of carbonyl (C=O) groups excluding carboxylic acids is 1. The molecule has 0 saturated carbocycles. The molecule has 1 unspecified atom stereocenters. The molecule has 0 bridgehead atoms. The van der Waals surface area contributed by atoms with Gasteiger partial charge in [-0.1, -0.05) is 28.9 Å². The van der Waals surface area contributed by atoms with E-state index in [0.29, 0.717) is 47.8 Å². The summed E-state index contributed by atoms with van der Waals surface area (Å²) in [6.07, 6.45) is 0.687. The predicted octanol–water partition coefficient (Wildman–Crippen LogP) is 4.65. The Hall–Kier alpha value is -3.56. The highest BCUT2D eigenvalue weighted by Gasteiger charge is 2.35. The Kier molecular flexibility index (Phi) is 6.12. The van der Waals surface area contributed by atoms with Crippen LogP contribution >= 0.6 is 11.6 Å². The lowest BCUT2D eigenvalue weighted by Crippen LogP contribution is -2.46. The summed E-state index contributed by atoms with van der Waals surface area (Å²) < 4.78 is 21.7. The molecule has 1 N–H and O–H groups in total. The number of halogens is 1. The molecule has 2 aliphatic rings. The van der Waals surface area contributed by atoms with Gasteiger partial charge in [0.25, 0.3) is 5.89 Å². The number of amides is 2. The van der Waals surface area contributed by atoms with Crippen molar-refractivity contribution in [3.05, 3.63) is 64.6 Å². The molecule has 10 heteroatoms. The van der Waals surface area contributed by atoms with Crippen LogP contribution in [0.1, 0.15) is 30.8 Å². The van der Waals surface area contributed by atoms with Crippen LogP contribution in [0, 0.1) is 0 Å². The summed E-state index contributed by atoms with van der Waals surface area (Å²) in [6.45, 7) is 3.10. The van der Waals surface area contributed by atoms with Crippen molar-refractivity contribution in [1.29, 1.82) is 0 Å². The van der Waals surface area contributed by atoms with Crippen LogP contribution in [0.4, 0.5) is 4.79 Å². The Bertz CT molecular complexity index is 1240. The van der Waals surface area contributed by atoms with Crippen LogP contribution in [0.5, 0.6) is 11.5 Å². The molecule has 1 atom stereocenters. The van der Waals surface area contributed by atoms with E-state index in [0.717, 1.165) is 22.4 Å². The maximum Gasteiger partial charge on any atom is 0.322 e. The fourth-order valence-electron chi connectivity index (χ4n) is 4.09. The van der Waals surface area contributed by atoms with Gasteiger partial charge in [0.05, 0.1) is 11.6 Å². The molecule has 1 aromatic heterocycles. The molecule has 9 nitrogen and oxygen atoms in total. The smallest absolute Gasteiger partial charge is 0.322 e. The van der Waals surface area contributed by atoms with E-state index in [4.69, 9.17) is 30.3 Å². The second kappa shape index (κ2) is 9.36. The zero-order valence-corrected chi connectivity index (χ0v) is 19.5. The summed E-state index contributed by atoms with van der Waals surface area (Å²) in [5, 5.41) is 7.87. The summed E-state index contributed by atoms with van der Waals surface area (Å²) in [5.74, 6) is 2.04. The van der Waals surface area contributed by atoms with E-state index in [1.54, 1.807) is 24.1 Å². The highest BCUT2D eigenvalue weighted by atomic mass is 35.5. The van der Waals surface area contributed by atoms with Crippen LogP contribution in [-0.4, -0.2) is 48.1 Å². The fraction of sp³-hybridized carbons (Fsp3) is 0.292. The molecule has 176 valence electrons. The number of hydrogen-bond acceptors (Lipinski definition) is 7. The Balaban J connectivity index is 1.54. The van der Waals surface area contributed by atoms with Gasteiger partial charge >= 0.3 is 6.03 Å². The molecule has 0 aliphatic carbocycles. The molecule has 34 heavy (non-hydrogen) atoms. The number of fused-ring (bicyclic) bond motifs is 1. The Labute approximate surface area is 201 Å². The lowest BCUT2D eigenvalue weighted by molar-refractivity contribution is 0.173.